The topological polar surface area (TPSA) is 144 Å². The molecule has 9 heterocycles. The summed E-state index contributed by atoms with van der Waals surface area (Å²) in [6.45, 7) is 0. The maximum absolute atomic E-state index is 6.65. The zero-order chi connectivity index (χ0) is 99.1. The molecule has 0 fully saturated rings. The van der Waals surface area contributed by atoms with Gasteiger partial charge in [0.2, 0.25) is 0 Å². The number of rotatable bonds is 15. The quantitative estimate of drug-likeness (QED) is 0.0972. The van der Waals surface area contributed by atoms with Crippen LogP contribution in [-0.2, 0) is 0 Å². The molecule has 13 heteroatoms. The Labute approximate surface area is 861 Å². The van der Waals surface area contributed by atoms with Gasteiger partial charge < -0.3 is 27.0 Å². The lowest BCUT2D eigenvalue weighted by molar-refractivity contribution is 0.669. The summed E-state index contributed by atoms with van der Waals surface area (Å²) in [5, 5.41) is 13.9. The second kappa shape index (κ2) is 37.1. The molecule has 0 aliphatic carbocycles. The van der Waals surface area contributed by atoms with Crippen molar-refractivity contribution in [2.24, 2.45) is 0 Å². The van der Waals surface area contributed by atoms with Crippen LogP contribution in [0.3, 0.4) is 0 Å². The summed E-state index contributed by atoms with van der Waals surface area (Å²) in [5.41, 5.74) is 33.9. The molecule has 0 saturated heterocycles. The van der Waals surface area contributed by atoms with Crippen LogP contribution in [-0.4, -0.2) is 48.6 Å². The fourth-order valence-corrected chi connectivity index (χ4v) is 21.7. The Morgan fingerprint density at radius 2 is 0.333 bits per heavy atom. The van der Waals surface area contributed by atoms with Gasteiger partial charge in [-0.3, -0.25) is 0 Å². The highest BCUT2D eigenvalue weighted by Crippen LogP contribution is 2.48. The Bertz CT molecular complexity index is 9220. The average molecular weight is 1920 g/mol. The van der Waals surface area contributed by atoms with Crippen LogP contribution in [0.25, 0.3) is 284 Å². The molecule has 0 radical (unpaired) electrons. The second-order valence-electron chi connectivity index (χ2n) is 37.7. The Hall–Kier alpha value is -20.4. The second-order valence-corrected chi connectivity index (χ2v) is 37.7. The van der Waals surface area contributed by atoms with Crippen LogP contribution in [0.5, 0.6) is 0 Å². The van der Waals surface area contributed by atoms with Gasteiger partial charge in [-0.2, -0.15) is 0 Å². The summed E-state index contributed by atoms with van der Waals surface area (Å²) in [6.07, 6.45) is 0. The number of benzene rings is 21. The van der Waals surface area contributed by atoms with E-state index < -0.39 is 0 Å². The molecule has 0 atom stereocenters. The lowest BCUT2D eigenvalue weighted by atomic mass is 9.98. The lowest BCUT2D eigenvalue weighted by Crippen LogP contribution is -2.00. The number of hydrogen-bond donors (Lipinski definition) is 0. The van der Waals surface area contributed by atoms with Crippen LogP contribution in [0, 0.1) is 0 Å². The van der Waals surface area contributed by atoms with Gasteiger partial charge in [0, 0.05) is 148 Å². The molecule has 0 aliphatic heterocycles. The zero-order valence-corrected chi connectivity index (χ0v) is 80.8. The Morgan fingerprint density at radius 1 is 0.133 bits per heavy atom. The molecule has 0 N–H and O–H groups in total. The largest absolute Gasteiger partial charge is 0.455 e. The standard InChI is InChI=1S/2C46H29N3O.C45H28N4O/c1-3-14-30(15-4-1)40-29-41(48-46(47-40)31-16-5-2-6-17-31)33-19-13-18-32(26-33)38-27-34(28-39-37-22-9-12-25-44(37)50-45(38)39)49-42-23-10-7-20-35(42)36-21-8-11-24-43(36)49;1-3-14-30(15-4-1)40-29-41(31-16-5-2-6-17-31)48-46(47-40)33-19-13-18-32(26-33)38-27-34(28-39-37-22-9-12-25-44(37)50-45(38)39)49-42-23-10-7-20-35(42)36-21-8-11-24-43(36)49;1-3-14-29(15-4-1)43-46-44(30-16-5-2-6-17-30)48-45(47-43)32-19-13-18-31(26-32)37-27-33(28-38-36-22-9-12-25-41(36)50-42(37)38)49-39-23-10-7-20-34(39)35-21-8-11-24-40(35)49/h2*1-29H;1-28H. The fourth-order valence-electron chi connectivity index (χ4n) is 21.7. The molecule has 30 aromatic rings. The normalized spacial score (nSPS) is 11.6. The molecule has 0 spiro atoms. The van der Waals surface area contributed by atoms with Crippen molar-refractivity contribution in [3.8, 4) is 152 Å². The summed E-state index contributed by atoms with van der Waals surface area (Å²) < 4.78 is 27.0. The van der Waals surface area contributed by atoms with Crippen molar-refractivity contribution in [2.45, 2.75) is 0 Å². The highest BCUT2D eigenvalue weighted by atomic mass is 16.3. The molecule has 0 aliphatic rings. The van der Waals surface area contributed by atoms with Gasteiger partial charge >= 0.3 is 0 Å². The van der Waals surface area contributed by atoms with Crippen molar-refractivity contribution >= 4 is 131 Å². The summed E-state index contributed by atoms with van der Waals surface area (Å²) in [7, 11) is 0. The average Bonchev–Trinajstić information content (AvgIpc) is 1.58. The summed E-state index contributed by atoms with van der Waals surface area (Å²) in [6, 6.07) is 181. The van der Waals surface area contributed by atoms with Crippen molar-refractivity contribution in [3.05, 3.63) is 522 Å². The number of nitrogens with zero attached hydrogens (tertiary/aromatic N) is 10. The Balaban J connectivity index is 0.000000108. The maximum atomic E-state index is 6.65. The van der Waals surface area contributed by atoms with E-state index >= 15 is 0 Å². The van der Waals surface area contributed by atoms with Gasteiger partial charge in [-0.25, -0.2) is 34.9 Å². The molecule has 0 bridgehead atoms. The first-order valence-corrected chi connectivity index (χ1v) is 50.4. The van der Waals surface area contributed by atoms with Crippen molar-refractivity contribution in [2.75, 3.05) is 0 Å². The monoisotopic (exact) mass is 1920 g/mol. The summed E-state index contributed by atoms with van der Waals surface area (Å²) >= 11 is 0. The Morgan fingerprint density at radius 3 is 0.620 bits per heavy atom. The van der Waals surface area contributed by atoms with Crippen molar-refractivity contribution < 1.29 is 13.3 Å². The Kier molecular flexibility index (Phi) is 21.6. The van der Waals surface area contributed by atoms with Crippen LogP contribution >= 0.6 is 0 Å². The first-order chi connectivity index (χ1) is 74.3. The van der Waals surface area contributed by atoms with Crippen LogP contribution in [0.4, 0.5) is 0 Å². The van der Waals surface area contributed by atoms with Gasteiger partial charge in [-0.15, -0.1) is 0 Å². The summed E-state index contributed by atoms with van der Waals surface area (Å²) in [5.74, 6) is 3.24. The predicted octanol–water partition coefficient (Wildman–Crippen LogP) is 35.8. The predicted molar refractivity (Wildman–Crippen MR) is 614 cm³/mol. The molecule has 0 amide bonds. The maximum Gasteiger partial charge on any atom is 0.164 e. The molecular formula is C137H86N10O3. The molecule has 150 heavy (non-hydrogen) atoms. The minimum absolute atomic E-state index is 0.610. The van der Waals surface area contributed by atoms with E-state index in [1.807, 2.05) is 170 Å². The minimum Gasteiger partial charge on any atom is -0.455 e. The molecule has 9 aromatic heterocycles. The zero-order valence-electron chi connectivity index (χ0n) is 80.8. The van der Waals surface area contributed by atoms with Gasteiger partial charge in [-0.05, 0) is 138 Å². The third kappa shape index (κ3) is 15.7. The lowest BCUT2D eigenvalue weighted by Gasteiger charge is -2.13. The van der Waals surface area contributed by atoms with E-state index in [2.05, 4.69) is 366 Å². The van der Waals surface area contributed by atoms with Gasteiger partial charge in [0.05, 0.1) is 55.9 Å². The van der Waals surface area contributed by atoms with Gasteiger partial charge in [0.25, 0.3) is 0 Å². The van der Waals surface area contributed by atoms with E-state index in [9.17, 15) is 0 Å². The van der Waals surface area contributed by atoms with Crippen LogP contribution in [0.1, 0.15) is 0 Å². The van der Waals surface area contributed by atoms with Crippen LogP contribution in [0.2, 0.25) is 0 Å². The molecule has 13 nitrogen and oxygen atoms in total. The fraction of sp³-hybridized carbons (Fsp3) is 0. The molecule has 0 unspecified atom stereocenters. The summed E-state index contributed by atoms with van der Waals surface area (Å²) in [4.78, 5) is 35.3. The van der Waals surface area contributed by atoms with E-state index in [1.165, 1.54) is 54.4 Å². The van der Waals surface area contributed by atoms with E-state index in [1.54, 1.807) is 0 Å². The van der Waals surface area contributed by atoms with Gasteiger partial charge in [0.15, 0.2) is 29.1 Å². The highest BCUT2D eigenvalue weighted by Gasteiger charge is 2.27. The number of aromatic nitrogens is 10. The van der Waals surface area contributed by atoms with Crippen molar-refractivity contribution in [1.29, 1.82) is 0 Å². The van der Waals surface area contributed by atoms with Crippen LogP contribution in [0.15, 0.2) is 535 Å². The third-order valence-electron chi connectivity index (χ3n) is 28.6. The third-order valence-corrected chi connectivity index (χ3v) is 28.6. The number of fused-ring (bicyclic) bond motifs is 18. The van der Waals surface area contributed by atoms with E-state index in [4.69, 9.17) is 48.1 Å². The number of para-hydroxylation sites is 9. The van der Waals surface area contributed by atoms with Crippen molar-refractivity contribution in [3.63, 3.8) is 0 Å². The number of hydrogen-bond acceptors (Lipinski definition) is 10. The molecule has 21 aromatic carbocycles. The van der Waals surface area contributed by atoms with Gasteiger partial charge in [-0.1, -0.05) is 400 Å². The highest BCUT2D eigenvalue weighted by molar-refractivity contribution is 6.17. The smallest absolute Gasteiger partial charge is 0.164 e. The van der Waals surface area contributed by atoms with Crippen molar-refractivity contribution in [1.82, 2.24) is 48.6 Å². The number of furan rings is 3. The van der Waals surface area contributed by atoms with E-state index in [-0.39, 0.29) is 0 Å². The van der Waals surface area contributed by atoms with E-state index in [0.717, 1.165) is 200 Å². The molecular weight excluding hydrogens is 1830 g/mol. The minimum atomic E-state index is 0.610. The first kappa shape index (κ1) is 87.4. The van der Waals surface area contributed by atoms with Crippen LogP contribution < -0.4 is 0 Å². The SMILES string of the molecule is c1ccc(-c2cc(-c3cccc(-c4cc(-n5c6ccccc6c6ccccc65)cc5c4oc4ccccc45)c3)nc(-c3ccccc3)n2)cc1.c1ccc(-c2cc(-c3ccccc3)nc(-c3cccc(-c4cc(-n5c6ccccc6c6ccccc65)cc5c4oc4ccccc45)c3)n2)cc1.c1ccc(-c2nc(-c3ccccc3)nc(-c3cccc(-c4cc(-n5c6ccccc6c6ccccc65)cc5c4oc4ccccc45)c3)n2)cc1. The van der Waals surface area contributed by atoms with Gasteiger partial charge in [0.1, 0.15) is 33.5 Å². The molecule has 0 saturated carbocycles. The van der Waals surface area contributed by atoms with E-state index in [0.29, 0.717) is 29.1 Å². The molecule has 702 valence electrons. The molecule has 30 rings (SSSR count). The first-order valence-electron chi connectivity index (χ1n) is 50.4.